The van der Waals surface area contributed by atoms with Crippen molar-refractivity contribution in [1.82, 2.24) is 10.2 Å². The minimum atomic E-state index is -4.17. The summed E-state index contributed by atoms with van der Waals surface area (Å²) in [6, 6.07) is 32.3. The molecular formula is C34H37N3O5S. The lowest BCUT2D eigenvalue weighted by atomic mass is 10.0. The molecule has 1 atom stereocenters. The summed E-state index contributed by atoms with van der Waals surface area (Å²) in [5, 5.41) is 2.96. The SMILES string of the molecule is COc1ccc(S(=O)(=O)N(CC(=O)N(Cc2ccccc2)[C@H](Cc2ccccc2)C(=O)NC(C)C)c2ccccc2)cc1. The van der Waals surface area contributed by atoms with Crippen LogP contribution in [-0.2, 0) is 32.6 Å². The number of amides is 2. The number of ether oxygens (including phenoxy) is 1. The van der Waals surface area contributed by atoms with Gasteiger partial charge < -0.3 is 15.0 Å². The lowest BCUT2D eigenvalue weighted by Gasteiger charge is -2.34. The number of rotatable bonds is 13. The standard InChI is InChI=1S/C34H37N3O5S/c1-26(2)35-34(39)32(23-27-13-7-4-8-14-27)36(24-28-15-9-5-10-16-28)33(38)25-37(29-17-11-6-12-18-29)43(40,41)31-21-19-30(42-3)20-22-31/h4-22,26,32H,23-25H2,1-3H3,(H,35,39)/t32-/m1/s1. The number of anilines is 1. The summed E-state index contributed by atoms with van der Waals surface area (Å²) in [7, 11) is -2.67. The van der Waals surface area contributed by atoms with Gasteiger partial charge in [-0.3, -0.25) is 13.9 Å². The van der Waals surface area contributed by atoms with Crippen LogP contribution in [-0.4, -0.2) is 50.9 Å². The van der Waals surface area contributed by atoms with Crippen LogP contribution in [0.15, 0.2) is 120 Å². The van der Waals surface area contributed by atoms with E-state index in [1.165, 1.54) is 24.1 Å². The zero-order valence-corrected chi connectivity index (χ0v) is 25.4. The van der Waals surface area contributed by atoms with Crippen LogP contribution in [0, 0.1) is 0 Å². The summed E-state index contributed by atoms with van der Waals surface area (Å²) in [5.41, 5.74) is 2.02. The number of nitrogens with one attached hydrogen (secondary N) is 1. The van der Waals surface area contributed by atoms with Gasteiger partial charge in [-0.25, -0.2) is 8.42 Å². The molecule has 4 aromatic rings. The number of carbonyl (C=O) groups is 2. The molecule has 0 saturated heterocycles. The number of hydrogen-bond donors (Lipinski definition) is 1. The fourth-order valence-electron chi connectivity index (χ4n) is 4.71. The van der Waals surface area contributed by atoms with Crippen molar-refractivity contribution in [2.24, 2.45) is 0 Å². The van der Waals surface area contributed by atoms with E-state index in [1.54, 1.807) is 42.5 Å². The van der Waals surface area contributed by atoms with Gasteiger partial charge in [0.2, 0.25) is 11.8 Å². The monoisotopic (exact) mass is 599 g/mol. The van der Waals surface area contributed by atoms with Gasteiger partial charge in [0, 0.05) is 19.0 Å². The van der Waals surface area contributed by atoms with Crippen LogP contribution >= 0.6 is 0 Å². The third-order valence-electron chi connectivity index (χ3n) is 6.87. The van der Waals surface area contributed by atoms with Crippen LogP contribution in [0.25, 0.3) is 0 Å². The maximum Gasteiger partial charge on any atom is 0.264 e. The molecule has 4 aromatic carbocycles. The molecule has 0 heterocycles. The predicted molar refractivity (Wildman–Crippen MR) is 168 cm³/mol. The fourth-order valence-corrected chi connectivity index (χ4v) is 6.13. The Morgan fingerprint density at radius 3 is 1.84 bits per heavy atom. The zero-order chi connectivity index (χ0) is 30.8. The topological polar surface area (TPSA) is 96.0 Å². The number of para-hydroxylation sites is 1. The van der Waals surface area contributed by atoms with Crippen molar-refractivity contribution in [3.63, 3.8) is 0 Å². The maximum atomic E-state index is 14.4. The van der Waals surface area contributed by atoms with Crippen molar-refractivity contribution >= 4 is 27.5 Å². The Balaban J connectivity index is 1.77. The van der Waals surface area contributed by atoms with Gasteiger partial charge in [0.25, 0.3) is 10.0 Å². The van der Waals surface area contributed by atoms with Gasteiger partial charge in [-0.15, -0.1) is 0 Å². The van der Waals surface area contributed by atoms with Gasteiger partial charge in [-0.2, -0.15) is 0 Å². The third-order valence-corrected chi connectivity index (χ3v) is 8.66. The number of hydrogen-bond acceptors (Lipinski definition) is 5. The molecule has 8 nitrogen and oxygen atoms in total. The lowest BCUT2D eigenvalue weighted by molar-refractivity contribution is -0.140. The average molecular weight is 600 g/mol. The van der Waals surface area contributed by atoms with E-state index in [2.05, 4.69) is 5.32 Å². The summed E-state index contributed by atoms with van der Waals surface area (Å²) in [5.74, 6) is -0.313. The lowest BCUT2D eigenvalue weighted by Crippen LogP contribution is -2.54. The molecule has 9 heteroatoms. The van der Waals surface area contributed by atoms with E-state index in [0.717, 1.165) is 15.4 Å². The molecule has 0 aliphatic heterocycles. The molecule has 4 rings (SSSR count). The first-order valence-corrected chi connectivity index (χ1v) is 15.5. The number of nitrogens with zero attached hydrogens (tertiary/aromatic N) is 2. The van der Waals surface area contributed by atoms with E-state index in [0.29, 0.717) is 11.4 Å². The minimum Gasteiger partial charge on any atom is -0.497 e. The second kappa shape index (κ2) is 14.5. The molecule has 0 saturated carbocycles. The first-order chi connectivity index (χ1) is 20.7. The Bertz CT molecular complexity index is 1580. The zero-order valence-electron chi connectivity index (χ0n) is 24.6. The van der Waals surface area contributed by atoms with Crippen LogP contribution in [0.2, 0.25) is 0 Å². The summed E-state index contributed by atoms with van der Waals surface area (Å²) >= 11 is 0. The smallest absolute Gasteiger partial charge is 0.264 e. The number of carbonyl (C=O) groups excluding carboxylic acids is 2. The second-order valence-electron chi connectivity index (χ2n) is 10.4. The second-order valence-corrected chi connectivity index (χ2v) is 12.3. The van der Waals surface area contributed by atoms with E-state index < -0.39 is 28.5 Å². The molecule has 0 spiro atoms. The highest BCUT2D eigenvalue weighted by molar-refractivity contribution is 7.92. The predicted octanol–water partition coefficient (Wildman–Crippen LogP) is 5.06. The van der Waals surface area contributed by atoms with Gasteiger partial charge >= 0.3 is 0 Å². The summed E-state index contributed by atoms with van der Waals surface area (Å²) in [4.78, 5) is 29.5. The maximum absolute atomic E-state index is 14.4. The third kappa shape index (κ3) is 8.23. The van der Waals surface area contributed by atoms with E-state index in [9.17, 15) is 18.0 Å². The van der Waals surface area contributed by atoms with Gasteiger partial charge in [-0.05, 0) is 61.4 Å². The molecule has 0 fully saturated rings. The van der Waals surface area contributed by atoms with E-state index in [-0.39, 0.29) is 29.8 Å². The Labute approximate surface area is 254 Å². The van der Waals surface area contributed by atoms with Crippen LogP contribution < -0.4 is 14.4 Å². The molecule has 0 unspecified atom stereocenters. The number of methoxy groups -OCH3 is 1. The molecule has 0 aliphatic rings. The minimum absolute atomic E-state index is 0.0120. The summed E-state index contributed by atoms with van der Waals surface area (Å²) in [6.45, 7) is 3.33. The molecule has 2 amide bonds. The van der Waals surface area contributed by atoms with E-state index in [1.807, 2.05) is 74.5 Å². The largest absolute Gasteiger partial charge is 0.497 e. The Morgan fingerprint density at radius 1 is 0.767 bits per heavy atom. The van der Waals surface area contributed by atoms with E-state index in [4.69, 9.17) is 4.74 Å². The Hall–Kier alpha value is -4.63. The van der Waals surface area contributed by atoms with Crippen molar-refractivity contribution in [3.05, 3.63) is 126 Å². The van der Waals surface area contributed by atoms with Crippen LogP contribution in [0.4, 0.5) is 5.69 Å². The van der Waals surface area contributed by atoms with Crippen LogP contribution in [0.1, 0.15) is 25.0 Å². The van der Waals surface area contributed by atoms with Gasteiger partial charge in [-0.1, -0.05) is 78.9 Å². The number of benzene rings is 4. The molecule has 224 valence electrons. The normalized spacial score (nSPS) is 11.9. The van der Waals surface area contributed by atoms with Crippen molar-refractivity contribution in [2.45, 2.75) is 43.8 Å². The van der Waals surface area contributed by atoms with Gasteiger partial charge in [0.15, 0.2) is 0 Å². The Kier molecular flexibility index (Phi) is 10.6. The van der Waals surface area contributed by atoms with Crippen molar-refractivity contribution < 1.29 is 22.7 Å². The van der Waals surface area contributed by atoms with Crippen LogP contribution in [0.5, 0.6) is 5.75 Å². The fraction of sp³-hybridized carbons (Fsp3) is 0.235. The molecule has 0 bridgehead atoms. The first-order valence-electron chi connectivity index (χ1n) is 14.1. The van der Waals surface area contributed by atoms with Gasteiger partial charge in [0.1, 0.15) is 18.3 Å². The average Bonchev–Trinajstić information content (AvgIpc) is 3.02. The summed E-state index contributed by atoms with van der Waals surface area (Å²) in [6.07, 6.45) is 0.258. The first kappa shape index (κ1) is 31.3. The van der Waals surface area contributed by atoms with Crippen LogP contribution in [0.3, 0.4) is 0 Å². The van der Waals surface area contributed by atoms with Crippen molar-refractivity contribution in [2.75, 3.05) is 18.0 Å². The quantitative estimate of drug-likeness (QED) is 0.232. The van der Waals surface area contributed by atoms with Crippen molar-refractivity contribution in [1.29, 1.82) is 0 Å². The molecule has 1 N–H and O–H groups in total. The van der Waals surface area contributed by atoms with Gasteiger partial charge in [0.05, 0.1) is 17.7 Å². The molecule has 0 aliphatic carbocycles. The number of sulfonamides is 1. The summed E-state index contributed by atoms with van der Waals surface area (Å²) < 4.78 is 34.3. The molecular weight excluding hydrogens is 562 g/mol. The molecule has 0 radical (unpaired) electrons. The molecule has 43 heavy (non-hydrogen) atoms. The Morgan fingerprint density at radius 2 is 1.30 bits per heavy atom. The highest BCUT2D eigenvalue weighted by atomic mass is 32.2. The van der Waals surface area contributed by atoms with E-state index >= 15 is 0 Å². The van der Waals surface area contributed by atoms with Crippen molar-refractivity contribution in [3.8, 4) is 5.75 Å². The molecule has 0 aromatic heterocycles. The highest BCUT2D eigenvalue weighted by Gasteiger charge is 2.34. The highest BCUT2D eigenvalue weighted by Crippen LogP contribution is 2.26.